The number of phenols is 1. The molecule has 2 rings (SSSR count). The van der Waals surface area contributed by atoms with Crippen molar-refractivity contribution in [2.75, 3.05) is 0 Å². The van der Waals surface area contributed by atoms with Gasteiger partial charge in [-0.15, -0.1) is 0 Å². The van der Waals surface area contributed by atoms with Crippen LogP contribution >= 0.6 is 0 Å². The Kier molecular flexibility index (Phi) is 2.00. The molecule has 0 aliphatic heterocycles. The van der Waals surface area contributed by atoms with Crippen LogP contribution in [-0.4, -0.2) is 16.2 Å². The largest absolute Gasteiger partial charge is 0.508 e. The van der Waals surface area contributed by atoms with Crippen molar-refractivity contribution in [1.82, 2.24) is 0 Å². The molecule has 0 saturated carbocycles. The fourth-order valence-electron chi connectivity index (χ4n) is 1.65. The molecule has 14 heavy (non-hydrogen) atoms. The highest BCUT2D eigenvalue weighted by Crippen LogP contribution is 2.24. The average molecular weight is 190 g/mol. The third kappa shape index (κ3) is 1.48. The van der Waals surface area contributed by atoms with Crippen LogP contribution in [0, 0.1) is 0 Å². The SMILES string of the molecule is O=C(O)C1=CCc2cc(O)ccc2C1. The number of aromatic hydroxyl groups is 1. The van der Waals surface area contributed by atoms with Crippen LogP contribution in [0.25, 0.3) is 0 Å². The minimum atomic E-state index is -0.858. The topological polar surface area (TPSA) is 57.5 Å². The molecule has 0 radical (unpaired) electrons. The molecule has 0 heterocycles. The summed E-state index contributed by atoms with van der Waals surface area (Å²) in [5.41, 5.74) is 2.43. The Morgan fingerprint density at radius 3 is 2.79 bits per heavy atom. The number of carbonyl (C=O) groups is 1. The molecular weight excluding hydrogens is 180 g/mol. The quantitative estimate of drug-likeness (QED) is 0.705. The molecule has 0 fully saturated rings. The van der Waals surface area contributed by atoms with Gasteiger partial charge >= 0.3 is 5.97 Å². The Balaban J connectivity index is 2.34. The highest BCUT2D eigenvalue weighted by atomic mass is 16.4. The van der Waals surface area contributed by atoms with Gasteiger partial charge in [0.15, 0.2) is 0 Å². The molecule has 0 aromatic heterocycles. The van der Waals surface area contributed by atoms with Crippen LogP contribution in [0.3, 0.4) is 0 Å². The first-order valence-electron chi connectivity index (χ1n) is 4.40. The molecule has 72 valence electrons. The molecule has 0 bridgehead atoms. The van der Waals surface area contributed by atoms with Gasteiger partial charge in [0.05, 0.1) is 0 Å². The van der Waals surface area contributed by atoms with Crippen LogP contribution in [0.1, 0.15) is 11.1 Å². The number of allylic oxidation sites excluding steroid dienone is 1. The Bertz CT molecular complexity index is 419. The van der Waals surface area contributed by atoms with Crippen molar-refractivity contribution in [3.8, 4) is 5.75 Å². The van der Waals surface area contributed by atoms with E-state index in [0.29, 0.717) is 18.4 Å². The number of benzene rings is 1. The molecule has 1 aliphatic carbocycles. The maximum Gasteiger partial charge on any atom is 0.331 e. The van der Waals surface area contributed by atoms with E-state index in [4.69, 9.17) is 5.11 Å². The zero-order valence-corrected chi connectivity index (χ0v) is 7.53. The first kappa shape index (κ1) is 8.81. The highest BCUT2D eigenvalue weighted by Gasteiger charge is 2.15. The second kappa shape index (κ2) is 3.18. The number of carboxylic acids is 1. The van der Waals surface area contributed by atoms with E-state index >= 15 is 0 Å². The van der Waals surface area contributed by atoms with E-state index in [-0.39, 0.29) is 5.75 Å². The molecule has 0 saturated heterocycles. The smallest absolute Gasteiger partial charge is 0.331 e. The lowest BCUT2D eigenvalue weighted by atomic mass is 9.91. The van der Waals surface area contributed by atoms with Crippen molar-refractivity contribution < 1.29 is 15.0 Å². The van der Waals surface area contributed by atoms with E-state index in [1.165, 1.54) is 0 Å². The molecule has 0 unspecified atom stereocenters. The van der Waals surface area contributed by atoms with Crippen molar-refractivity contribution in [3.63, 3.8) is 0 Å². The average Bonchev–Trinajstić information content (AvgIpc) is 2.16. The number of phenolic OH excluding ortho intramolecular Hbond substituents is 1. The van der Waals surface area contributed by atoms with Crippen LogP contribution in [-0.2, 0) is 17.6 Å². The highest BCUT2D eigenvalue weighted by molar-refractivity contribution is 5.87. The standard InChI is InChI=1S/C11H10O3/c12-10-4-3-7-5-9(11(13)14)2-1-8(7)6-10/h2-4,6,12H,1,5H2,(H,13,14). The third-order valence-corrected chi connectivity index (χ3v) is 2.41. The summed E-state index contributed by atoms with van der Waals surface area (Å²) in [4.78, 5) is 10.7. The Hall–Kier alpha value is -1.77. The van der Waals surface area contributed by atoms with E-state index < -0.39 is 5.97 Å². The normalized spacial score (nSPS) is 14.4. The van der Waals surface area contributed by atoms with Gasteiger partial charge in [-0.1, -0.05) is 12.1 Å². The van der Waals surface area contributed by atoms with E-state index in [9.17, 15) is 9.90 Å². The maximum absolute atomic E-state index is 10.7. The van der Waals surface area contributed by atoms with Crippen LogP contribution < -0.4 is 0 Å². The summed E-state index contributed by atoms with van der Waals surface area (Å²) < 4.78 is 0. The van der Waals surface area contributed by atoms with E-state index in [1.54, 1.807) is 24.3 Å². The van der Waals surface area contributed by atoms with E-state index in [2.05, 4.69) is 0 Å². The van der Waals surface area contributed by atoms with Crippen LogP contribution in [0.4, 0.5) is 0 Å². The van der Waals surface area contributed by atoms with Crippen LogP contribution in [0.2, 0.25) is 0 Å². The summed E-state index contributed by atoms with van der Waals surface area (Å²) in [6.45, 7) is 0. The van der Waals surface area contributed by atoms with Gasteiger partial charge < -0.3 is 10.2 Å². The van der Waals surface area contributed by atoms with Gasteiger partial charge in [-0.3, -0.25) is 0 Å². The molecule has 0 spiro atoms. The van der Waals surface area contributed by atoms with Crippen molar-refractivity contribution >= 4 is 5.97 Å². The summed E-state index contributed by atoms with van der Waals surface area (Å²) in [7, 11) is 0. The van der Waals surface area contributed by atoms with Crippen molar-refractivity contribution in [3.05, 3.63) is 41.0 Å². The van der Waals surface area contributed by atoms with Crippen molar-refractivity contribution in [2.24, 2.45) is 0 Å². The summed E-state index contributed by atoms with van der Waals surface area (Å²) in [6, 6.07) is 5.05. The molecule has 1 aromatic carbocycles. The number of fused-ring (bicyclic) bond motifs is 1. The van der Waals surface area contributed by atoms with Crippen LogP contribution in [0.15, 0.2) is 29.8 Å². The summed E-state index contributed by atoms with van der Waals surface area (Å²) in [5.74, 6) is -0.625. The van der Waals surface area contributed by atoms with Crippen molar-refractivity contribution in [2.45, 2.75) is 12.8 Å². The van der Waals surface area contributed by atoms with Crippen molar-refractivity contribution in [1.29, 1.82) is 0 Å². The molecule has 0 amide bonds. The van der Waals surface area contributed by atoms with Crippen LogP contribution in [0.5, 0.6) is 5.75 Å². The minimum absolute atomic E-state index is 0.232. The predicted octanol–water partition coefficient (Wildman–Crippen LogP) is 1.50. The third-order valence-electron chi connectivity index (χ3n) is 2.41. The van der Waals surface area contributed by atoms with Gasteiger partial charge in [0, 0.05) is 12.0 Å². The number of hydrogen-bond donors (Lipinski definition) is 2. The Morgan fingerprint density at radius 1 is 1.29 bits per heavy atom. The monoisotopic (exact) mass is 190 g/mol. The van der Waals surface area contributed by atoms with Gasteiger partial charge in [-0.05, 0) is 29.7 Å². The van der Waals surface area contributed by atoms with Gasteiger partial charge in [-0.2, -0.15) is 0 Å². The second-order valence-corrected chi connectivity index (χ2v) is 3.37. The molecular formula is C11H10O3. The molecule has 2 N–H and O–H groups in total. The number of aliphatic carboxylic acids is 1. The lowest BCUT2D eigenvalue weighted by Crippen LogP contribution is -2.10. The zero-order valence-electron chi connectivity index (χ0n) is 7.53. The Morgan fingerprint density at radius 2 is 2.07 bits per heavy atom. The molecule has 3 nitrogen and oxygen atoms in total. The summed E-state index contributed by atoms with van der Waals surface area (Å²) >= 11 is 0. The molecule has 0 atom stereocenters. The van der Waals surface area contributed by atoms with E-state index in [0.717, 1.165) is 11.1 Å². The number of hydrogen-bond acceptors (Lipinski definition) is 2. The number of carboxylic acid groups (broad SMARTS) is 1. The first-order chi connectivity index (χ1) is 6.66. The van der Waals surface area contributed by atoms with Gasteiger partial charge in [0.25, 0.3) is 0 Å². The van der Waals surface area contributed by atoms with Gasteiger partial charge in [0.1, 0.15) is 5.75 Å². The minimum Gasteiger partial charge on any atom is -0.508 e. The van der Waals surface area contributed by atoms with E-state index in [1.807, 2.05) is 0 Å². The first-order valence-corrected chi connectivity index (χ1v) is 4.40. The second-order valence-electron chi connectivity index (χ2n) is 3.37. The maximum atomic E-state index is 10.7. The molecule has 1 aromatic rings. The molecule has 1 aliphatic rings. The predicted molar refractivity (Wildman–Crippen MR) is 51.2 cm³/mol. The fourth-order valence-corrected chi connectivity index (χ4v) is 1.65. The van der Waals surface area contributed by atoms with Gasteiger partial charge in [0.2, 0.25) is 0 Å². The summed E-state index contributed by atoms with van der Waals surface area (Å²) in [6.07, 6.45) is 2.74. The zero-order chi connectivity index (χ0) is 10.1. The molecule has 3 heteroatoms. The number of rotatable bonds is 1. The summed E-state index contributed by atoms with van der Waals surface area (Å²) in [5, 5.41) is 18.0. The Labute approximate surface area is 81.3 Å². The lowest BCUT2D eigenvalue weighted by Gasteiger charge is -2.14. The van der Waals surface area contributed by atoms with Gasteiger partial charge in [-0.25, -0.2) is 4.79 Å². The lowest BCUT2D eigenvalue weighted by molar-refractivity contribution is -0.132. The fraction of sp³-hybridized carbons (Fsp3) is 0.182.